The predicted molar refractivity (Wildman–Crippen MR) is 193 cm³/mol. The van der Waals surface area contributed by atoms with Gasteiger partial charge in [-0.05, 0) is 92.2 Å². The molecule has 1 aliphatic heterocycles. The zero-order valence-electron chi connectivity index (χ0n) is 29.2. The second-order valence-electron chi connectivity index (χ2n) is 14.4. The molecule has 3 atom stereocenters. The van der Waals surface area contributed by atoms with Crippen molar-refractivity contribution in [3.8, 4) is 11.1 Å². The van der Waals surface area contributed by atoms with Crippen LogP contribution in [0.1, 0.15) is 72.5 Å². The summed E-state index contributed by atoms with van der Waals surface area (Å²) in [5, 5.41) is 8.75. The molecule has 9 heteroatoms. The van der Waals surface area contributed by atoms with Gasteiger partial charge in [0.1, 0.15) is 24.1 Å². The number of aryl methyl sites for hydroxylation is 4. The van der Waals surface area contributed by atoms with Crippen molar-refractivity contribution < 1.29 is 14.4 Å². The first kappa shape index (κ1) is 33.3. The van der Waals surface area contributed by atoms with E-state index in [1.54, 1.807) is 17.1 Å². The molecule has 256 valence electrons. The van der Waals surface area contributed by atoms with E-state index in [2.05, 4.69) is 51.6 Å². The maximum Gasteiger partial charge on any atom is 0.245 e. The summed E-state index contributed by atoms with van der Waals surface area (Å²) >= 11 is 0. The third-order valence-corrected chi connectivity index (χ3v) is 10.6. The van der Waals surface area contributed by atoms with Gasteiger partial charge in [0, 0.05) is 42.4 Å². The second-order valence-corrected chi connectivity index (χ2v) is 14.4. The topological polar surface area (TPSA) is 110 Å². The lowest BCUT2D eigenvalue weighted by Gasteiger charge is -2.29. The number of hydrogen-bond acceptors (Lipinski definition) is 6. The molecule has 1 saturated carbocycles. The van der Waals surface area contributed by atoms with E-state index in [0.717, 1.165) is 54.3 Å². The quantitative estimate of drug-likeness (QED) is 0.153. The van der Waals surface area contributed by atoms with E-state index in [1.807, 2.05) is 67.3 Å². The van der Waals surface area contributed by atoms with Gasteiger partial charge in [0.2, 0.25) is 11.8 Å². The highest BCUT2D eigenvalue weighted by Crippen LogP contribution is 2.59. The van der Waals surface area contributed by atoms with Crippen LogP contribution in [0.2, 0.25) is 0 Å². The normalized spacial score (nSPS) is 19.5. The van der Waals surface area contributed by atoms with E-state index in [-0.39, 0.29) is 41.6 Å². The van der Waals surface area contributed by atoms with Crippen molar-refractivity contribution in [2.24, 2.45) is 5.41 Å². The fraction of sp³-hybridized carbons (Fsp3) is 0.366. The van der Waals surface area contributed by atoms with Gasteiger partial charge in [0.15, 0.2) is 5.78 Å². The molecule has 1 unspecified atom stereocenters. The molecule has 5 aromatic rings. The van der Waals surface area contributed by atoms with Crippen molar-refractivity contribution in [3.63, 3.8) is 0 Å². The highest BCUT2D eigenvalue weighted by Gasteiger charge is 2.64. The highest BCUT2D eigenvalue weighted by atomic mass is 16.2. The molecule has 2 fully saturated rings. The summed E-state index contributed by atoms with van der Waals surface area (Å²) in [5.74, 6) is 0.256. The Labute approximate surface area is 293 Å². The largest absolute Gasteiger partial charge is 0.352 e. The molecule has 50 heavy (non-hydrogen) atoms. The fourth-order valence-electron chi connectivity index (χ4n) is 7.74. The van der Waals surface area contributed by atoms with Crippen LogP contribution in [-0.2, 0) is 29.0 Å². The minimum absolute atomic E-state index is 0.0150. The molecule has 1 aliphatic carbocycles. The van der Waals surface area contributed by atoms with Crippen molar-refractivity contribution in [2.75, 3.05) is 0 Å². The highest BCUT2D eigenvalue weighted by molar-refractivity contribution is 6.07. The van der Waals surface area contributed by atoms with E-state index in [0.29, 0.717) is 23.3 Å². The summed E-state index contributed by atoms with van der Waals surface area (Å²) in [5.41, 5.74) is 6.06. The van der Waals surface area contributed by atoms with Crippen molar-refractivity contribution >= 4 is 28.5 Å². The monoisotopic (exact) mass is 668 g/mol. The van der Waals surface area contributed by atoms with Crippen LogP contribution in [0.4, 0.5) is 0 Å². The van der Waals surface area contributed by atoms with E-state index in [1.165, 1.54) is 18.1 Å². The molecule has 1 N–H and O–H groups in total. The van der Waals surface area contributed by atoms with Crippen LogP contribution in [0.3, 0.4) is 0 Å². The number of amides is 2. The first-order chi connectivity index (χ1) is 24.1. The Morgan fingerprint density at radius 3 is 2.10 bits per heavy atom. The number of hydrogen-bond donors (Lipinski definition) is 1. The lowest BCUT2D eigenvalue weighted by Crippen LogP contribution is -2.51. The second kappa shape index (κ2) is 13.6. The Morgan fingerprint density at radius 1 is 0.880 bits per heavy atom. The SMILES string of the molecule is CC(=O)c1nn(CC(=O)N2C3C[C@]3(C)C[C@H]2C(=O)NC(CCc2ccccc2)CCc2ccccc2)c2c(C)cc(-c3cnc(C)nc3)cc12. The predicted octanol–water partition coefficient (Wildman–Crippen LogP) is 6.44. The summed E-state index contributed by atoms with van der Waals surface area (Å²) in [6, 6.07) is 24.1. The zero-order chi connectivity index (χ0) is 35.0. The third kappa shape index (κ3) is 6.82. The van der Waals surface area contributed by atoms with Gasteiger partial charge in [-0.3, -0.25) is 19.1 Å². The number of aromatic nitrogens is 4. The van der Waals surface area contributed by atoms with Gasteiger partial charge in [0.25, 0.3) is 0 Å². The Bertz CT molecular complexity index is 2000. The molecule has 3 heterocycles. The smallest absolute Gasteiger partial charge is 0.245 e. The van der Waals surface area contributed by atoms with Gasteiger partial charge in [-0.1, -0.05) is 67.6 Å². The summed E-state index contributed by atoms with van der Waals surface area (Å²) < 4.78 is 1.65. The number of ketones is 1. The zero-order valence-corrected chi connectivity index (χ0v) is 29.2. The Balaban J connectivity index is 1.12. The molecule has 0 radical (unpaired) electrons. The molecule has 7 rings (SSSR count). The number of nitrogens with one attached hydrogen (secondary N) is 1. The summed E-state index contributed by atoms with van der Waals surface area (Å²) in [7, 11) is 0. The van der Waals surface area contributed by atoms with Crippen LogP contribution in [0.25, 0.3) is 22.0 Å². The molecule has 2 amide bonds. The Hall–Kier alpha value is -5.18. The first-order valence-corrected chi connectivity index (χ1v) is 17.6. The van der Waals surface area contributed by atoms with E-state index in [9.17, 15) is 14.4 Å². The molecular weight excluding hydrogens is 624 g/mol. The summed E-state index contributed by atoms with van der Waals surface area (Å²) in [4.78, 5) is 51.7. The summed E-state index contributed by atoms with van der Waals surface area (Å²) in [6.45, 7) is 7.41. The first-order valence-electron chi connectivity index (χ1n) is 17.6. The van der Waals surface area contributed by atoms with Crippen molar-refractivity contribution in [3.05, 3.63) is 113 Å². The van der Waals surface area contributed by atoms with Gasteiger partial charge in [0.05, 0.1) is 5.52 Å². The van der Waals surface area contributed by atoms with E-state index >= 15 is 0 Å². The Morgan fingerprint density at radius 2 is 1.50 bits per heavy atom. The van der Waals surface area contributed by atoms with Crippen LogP contribution >= 0.6 is 0 Å². The molecule has 2 aliphatic rings. The average molecular weight is 669 g/mol. The van der Waals surface area contributed by atoms with Crippen LogP contribution in [0.5, 0.6) is 0 Å². The van der Waals surface area contributed by atoms with Crippen LogP contribution in [0, 0.1) is 19.3 Å². The molecule has 9 nitrogen and oxygen atoms in total. The number of carbonyl (C=O) groups is 3. The number of piperidine rings is 1. The number of carbonyl (C=O) groups excluding carboxylic acids is 3. The lowest BCUT2D eigenvalue weighted by atomic mass is 9.97. The van der Waals surface area contributed by atoms with Gasteiger partial charge >= 0.3 is 0 Å². The minimum atomic E-state index is -0.550. The number of rotatable bonds is 12. The maximum atomic E-state index is 14.3. The number of benzene rings is 3. The van der Waals surface area contributed by atoms with E-state index < -0.39 is 6.04 Å². The average Bonchev–Trinajstić information content (AvgIpc) is 3.46. The molecule has 2 aromatic heterocycles. The van der Waals surface area contributed by atoms with E-state index in [4.69, 9.17) is 0 Å². The lowest BCUT2D eigenvalue weighted by molar-refractivity contribution is -0.140. The number of Topliss-reactive ketones (excluding diaryl/α,β-unsaturated/α-hetero) is 1. The fourth-order valence-corrected chi connectivity index (χ4v) is 7.74. The van der Waals surface area contributed by atoms with Crippen molar-refractivity contribution in [1.82, 2.24) is 30.0 Å². The maximum absolute atomic E-state index is 14.3. The number of nitrogens with zero attached hydrogens (tertiary/aromatic N) is 5. The van der Waals surface area contributed by atoms with Gasteiger partial charge in [-0.2, -0.15) is 5.10 Å². The number of fused-ring (bicyclic) bond motifs is 2. The third-order valence-electron chi connectivity index (χ3n) is 10.6. The van der Waals surface area contributed by atoms with Gasteiger partial charge in [-0.25, -0.2) is 9.97 Å². The molecule has 1 saturated heterocycles. The molecule has 0 spiro atoms. The number of likely N-dealkylation sites (tertiary alicyclic amines) is 1. The van der Waals surface area contributed by atoms with Gasteiger partial charge in [-0.15, -0.1) is 0 Å². The molecular formula is C41H44N6O3. The Kier molecular flexibility index (Phi) is 9.07. The molecule has 3 aromatic carbocycles. The minimum Gasteiger partial charge on any atom is -0.352 e. The molecule has 0 bridgehead atoms. The van der Waals surface area contributed by atoms with Crippen LogP contribution in [0.15, 0.2) is 85.2 Å². The van der Waals surface area contributed by atoms with Crippen LogP contribution < -0.4 is 5.32 Å². The van der Waals surface area contributed by atoms with Gasteiger partial charge < -0.3 is 10.2 Å². The van der Waals surface area contributed by atoms with Crippen molar-refractivity contribution in [2.45, 2.75) is 90.9 Å². The standard InChI is InChI=1S/C41H44N6O3/c1-26-19-31(32-23-42-28(3)43-24-32)20-34-38(27(2)48)45-46(39(26)34)25-37(49)47-35(21-41(4)22-36(41)47)40(50)44-33(17-15-29-11-7-5-8-12-29)18-16-30-13-9-6-10-14-30/h5-14,19-20,23-24,33,35-36H,15-18,21-22,25H2,1-4H3,(H,44,50)/t35-,36?,41-/m0/s1. The van der Waals surface area contributed by atoms with Crippen LogP contribution in [-0.4, -0.2) is 60.4 Å². The van der Waals surface area contributed by atoms with Crippen molar-refractivity contribution in [1.29, 1.82) is 0 Å². The summed E-state index contributed by atoms with van der Waals surface area (Å²) in [6.07, 6.45) is 8.40.